The van der Waals surface area contributed by atoms with Gasteiger partial charge in [0.05, 0.1) is 25.9 Å². The van der Waals surface area contributed by atoms with Crippen LogP contribution in [-0.4, -0.2) is 57.5 Å². The van der Waals surface area contributed by atoms with E-state index in [4.69, 9.17) is 9.47 Å². The van der Waals surface area contributed by atoms with E-state index in [0.29, 0.717) is 36.1 Å². The Morgan fingerprint density at radius 1 is 1.18 bits per heavy atom. The maximum Gasteiger partial charge on any atom is 0.243 e. The SMILES string of the molecule is C=CC[C@]12c3cc(OC)c(OC)cc3CCN1C(=O)[C@]1([S@](=O)C[C@]34CC[C@H](C[C@H]3O)C4(C)C)[C@H]2[C@@H]2C=C[C@H]1C2. The van der Waals surface area contributed by atoms with Crippen LogP contribution in [0, 0.1) is 34.5 Å². The van der Waals surface area contributed by atoms with Crippen LogP contribution in [0.3, 0.4) is 0 Å². The minimum absolute atomic E-state index is 0.0428. The van der Waals surface area contributed by atoms with Crippen molar-refractivity contribution in [1.82, 2.24) is 4.90 Å². The molecular formula is C32H41NO5S. The van der Waals surface area contributed by atoms with Crippen molar-refractivity contribution in [3.05, 3.63) is 48.1 Å². The molecule has 39 heavy (non-hydrogen) atoms. The van der Waals surface area contributed by atoms with Gasteiger partial charge in [0.2, 0.25) is 5.91 Å². The minimum Gasteiger partial charge on any atom is -0.493 e. The molecule has 1 saturated heterocycles. The molecule has 7 heteroatoms. The molecule has 210 valence electrons. The largest absolute Gasteiger partial charge is 0.493 e. The van der Waals surface area contributed by atoms with E-state index < -0.39 is 32.6 Å². The number of benzene rings is 1. The molecule has 2 heterocycles. The summed E-state index contributed by atoms with van der Waals surface area (Å²) in [6.07, 6.45) is 10.8. The number of hydrogen-bond acceptors (Lipinski definition) is 5. The molecule has 0 radical (unpaired) electrons. The summed E-state index contributed by atoms with van der Waals surface area (Å²) in [7, 11) is 1.85. The van der Waals surface area contributed by atoms with Gasteiger partial charge in [0, 0.05) is 40.3 Å². The highest BCUT2D eigenvalue weighted by atomic mass is 32.2. The molecule has 3 saturated carbocycles. The Balaban J connectivity index is 1.41. The Morgan fingerprint density at radius 2 is 1.92 bits per heavy atom. The highest BCUT2D eigenvalue weighted by Gasteiger charge is 2.78. The molecule has 6 nitrogen and oxygen atoms in total. The van der Waals surface area contributed by atoms with Crippen molar-refractivity contribution in [2.45, 2.75) is 68.8 Å². The number of hydrogen-bond donors (Lipinski definition) is 1. The van der Waals surface area contributed by atoms with E-state index in [1.807, 2.05) is 6.08 Å². The van der Waals surface area contributed by atoms with Crippen molar-refractivity contribution in [2.24, 2.45) is 34.5 Å². The van der Waals surface area contributed by atoms with Crippen LogP contribution in [0.4, 0.5) is 0 Å². The lowest BCUT2D eigenvalue weighted by Crippen LogP contribution is -2.55. The Kier molecular flexibility index (Phi) is 5.44. The van der Waals surface area contributed by atoms with Gasteiger partial charge >= 0.3 is 0 Å². The first-order chi connectivity index (χ1) is 18.6. The fourth-order valence-electron chi connectivity index (χ4n) is 10.5. The second-order valence-electron chi connectivity index (χ2n) is 13.5. The van der Waals surface area contributed by atoms with Gasteiger partial charge in [-0.1, -0.05) is 32.1 Å². The van der Waals surface area contributed by atoms with Crippen molar-refractivity contribution in [1.29, 1.82) is 0 Å². The molecule has 0 unspecified atom stereocenters. The number of aliphatic hydroxyl groups is 1. The van der Waals surface area contributed by atoms with E-state index in [-0.39, 0.29) is 29.1 Å². The quantitative estimate of drug-likeness (QED) is 0.510. The molecule has 4 fully saturated rings. The van der Waals surface area contributed by atoms with Gasteiger partial charge in [0.1, 0.15) is 4.75 Å². The van der Waals surface area contributed by atoms with Crippen LogP contribution in [0.25, 0.3) is 0 Å². The summed E-state index contributed by atoms with van der Waals surface area (Å²) in [5.74, 6) is 2.23. The monoisotopic (exact) mass is 551 g/mol. The van der Waals surface area contributed by atoms with Crippen molar-refractivity contribution in [2.75, 3.05) is 26.5 Å². The van der Waals surface area contributed by atoms with E-state index in [9.17, 15) is 9.90 Å². The van der Waals surface area contributed by atoms with Crippen LogP contribution in [0.1, 0.15) is 57.1 Å². The van der Waals surface area contributed by atoms with Crippen molar-refractivity contribution < 1.29 is 23.6 Å². The zero-order valence-electron chi connectivity index (χ0n) is 23.6. The van der Waals surface area contributed by atoms with Gasteiger partial charge in [0.25, 0.3) is 0 Å². The van der Waals surface area contributed by atoms with Gasteiger partial charge in [0.15, 0.2) is 11.5 Å². The molecule has 1 aromatic carbocycles. The molecule has 9 atom stereocenters. The first kappa shape index (κ1) is 25.8. The van der Waals surface area contributed by atoms with Gasteiger partial charge < -0.3 is 19.5 Å². The molecule has 1 aromatic rings. The Labute approximate surface area is 234 Å². The average Bonchev–Trinajstić information content (AvgIpc) is 3.67. The maximum absolute atomic E-state index is 15.1. The number of fused-ring (bicyclic) bond motifs is 11. The lowest BCUT2D eigenvalue weighted by molar-refractivity contribution is -0.134. The fraction of sp³-hybridized carbons (Fsp3) is 0.656. The second-order valence-corrected chi connectivity index (χ2v) is 15.2. The van der Waals surface area contributed by atoms with Crippen LogP contribution in [-0.2, 0) is 27.6 Å². The van der Waals surface area contributed by atoms with Crippen LogP contribution in [0.5, 0.6) is 11.5 Å². The topological polar surface area (TPSA) is 76.1 Å². The maximum atomic E-state index is 15.1. The van der Waals surface area contributed by atoms with Crippen LogP contribution in [0.2, 0.25) is 0 Å². The molecule has 0 spiro atoms. The molecule has 2 aliphatic heterocycles. The minimum atomic E-state index is -1.45. The summed E-state index contributed by atoms with van der Waals surface area (Å²) >= 11 is 0. The molecule has 1 amide bonds. The average molecular weight is 552 g/mol. The molecule has 1 N–H and O–H groups in total. The molecule has 7 rings (SSSR count). The lowest BCUT2D eigenvalue weighted by atomic mass is 9.66. The van der Waals surface area contributed by atoms with E-state index >= 15 is 4.21 Å². The first-order valence-corrected chi connectivity index (χ1v) is 15.9. The van der Waals surface area contributed by atoms with E-state index in [2.05, 4.69) is 49.6 Å². The van der Waals surface area contributed by atoms with Crippen molar-refractivity contribution >= 4 is 16.7 Å². The summed E-state index contributed by atoms with van der Waals surface area (Å²) in [6, 6.07) is 4.13. The van der Waals surface area contributed by atoms with Gasteiger partial charge in [-0.15, -0.1) is 6.58 Å². The number of methoxy groups -OCH3 is 2. The second kappa shape index (κ2) is 8.22. The van der Waals surface area contributed by atoms with Crippen molar-refractivity contribution in [3.63, 3.8) is 0 Å². The summed E-state index contributed by atoms with van der Waals surface area (Å²) < 4.78 is 25.5. The van der Waals surface area contributed by atoms with Crippen LogP contribution < -0.4 is 9.47 Å². The molecule has 0 aromatic heterocycles. The van der Waals surface area contributed by atoms with Crippen molar-refractivity contribution in [3.8, 4) is 11.5 Å². The Morgan fingerprint density at radius 3 is 2.56 bits per heavy atom. The predicted molar refractivity (Wildman–Crippen MR) is 151 cm³/mol. The van der Waals surface area contributed by atoms with Crippen LogP contribution in [0.15, 0.2) is 36.9 Å². The summed E-state index contributed by atoms with van der Waals surface area (Å²) in [5.41, 5.74) is 1.12. The van der Waals surface area contributed by atoms with E-state index in [1.165, 1.54) is 0 Å². The zero-order valence-corrected chi connectivity index (χ0v) is 24.4. The number of ether oxygens (including phenoxy) is 2. The number of nitrogens with zero attached hydrogens (tertiary/aromatic N) is 1. The molecule has 6 aliphatic rings. The third kappa shape index (κ3) is 2.77. The highest BCUT2D eigenvalue weighted by Crippen LogP contribution is 2.71. The Hall–Kier alpha value is -2.12. The van der Waals surface area contributed by atoms with Gasteiger partial charge in [-0.2, -0.15) is 0 Å². The third-order valence-corrected chi connectivity index (χ3v) is 14.7. The Bertz CT molecular complexity index is 1320. The molecule has 4 bridgehead atoms. The zero-order chi connectivity index (χ0) is 27.5. The molecule has 4 aliphatic carbocycles. The van der Waals surface area contributed by atoms with Crippen LogP contribution >= 0.6 is 0 Å². The number of carbonyl (C=O) groups is 1. The predicted octanol–water partition coefficient (Wildman–Crippen LogP) is 4.37. The van der Waals surface area contributed by atoms with E-state index in [0.717, 1.165) is 43.2 Å². The third-order valence-electron chi connectivity index (χ3n) is 12.4. The van der Waals surface area contributed by atoms with Gasteiger partial charge in [-0.05, 0) is 79.0 Å². The summed E-state index contributed by atoms with van der Waals surface area (Å²) in [6.45, 7) is 9.24. The number of rotatable bonds is 7. The summed E-state index contributed by atoms with van der Waals surface area (Å²) in [4.78, 5) is 17.0. The first-order valence-electron chi connectivity index (χ1n) is 14.6. The highest BCUT2D eigenvalue weighted by molar-refractivity contribution is 7.87. The lowest BCUT2D eigenvalue weighted by Gasteiger charge is -2.48. The van der Waals surface area contributed by atoms with E-state index in [1.54, 1.807) is 14.2 Å². The standard InChI is InChI=1S/C32H41NO5S/c1-6-11-31-23-17-25(38-5)24(37-4)15-19(23)10-13-33(31)28(35)32(22-8-7-20(14-22)27(31)32)39(36)18-30-12-9-21(16-26(30)34)29(30,2)3/h6-8,15,17,20-22,26-27,34H,1,9-14,16,18H2,2-5H3/t20-,21-,22+,26-,27+,30-,31-,32-,39-/m1/s1. The van der Waals surface area contributed by atoms with Gasteiger partial charge in [-0.3, -0.25) is 9.00 Å². The summed E-state index contributed by atoms with van der Waals surface area (Å²) in [5, 5.41) is 11.3. The van der Waals surface area contributed by atoms with Gasteiger partial charge in [-0.25, -0.2) is 0 Å². The normalized spacial score (nSPS) is 42.8. The number of allylic oxidation sites excluding steroid dienone is 2. The number of carbonyl (C=O) groups excluding carboxylic acids is 1. The number of aliphatic hydroxyl groups excluding tert-OH is 1. The molecular weight excluding hydrogens is 510 g/mol. The number of amides is 1. The smallest absolute Gasteiger partial charge is 0.243 e. The fourth-order valence-corrected chi connectivity index (χ4v) is 13.4.